The second kappa shape index (κ2) is 5.72. The van der Waals surface area contributed by atoms with Crippen molar-refractivity contribution in [1.82, 2.24) is 0 Å². The molecule has 96 valence electrons. The summed E-state index contributed by atoms with van der Waals surface area (Å²) in [6.07, 6.45) is 0. The second-order valence-corrected chi connectivity index (χ2v) is 4.77. The van der Waals surface area contributed by atoms with E-state index in [4.69, 9.17) is 10.00 Å². The molecule has 0 bridgehead atoms. The fourth-order valence-corrected chi connectivity index (χ4v) is 2.42. The molecule has 2 nitrogen and oxygen atoms in total. The van der Waals surface area contributed by atoms with Crippen LogP contribution in [0.1, 0.15) is 5.56 Å². The second-order valence-electron chi connectivity index (χ2n) is 3.65. The topological polar surface area (TPSA) is 33.0 Å². The molecule has 0 aliphatic rings. The van der Waals surface area contributed by atoms with Crippen molar-refractivity contribution >= 4 is 11.8 Å². The summed E-state index contributed by atoms with van der Waals surface area (Å²) < 4.78 is 31.1. The van der Waals surface area contributed by atoms with Gasteiger partial charge >= 0.3 is 0 Å². The number of methoxy groups -OCH3 is 1. The standard InChI is InChI=1S/C14H9F2NOS/c1-18-10-3-2-9(8-17)14(6-10)19-11-4-5-12(15)13(16)7-11/h2-7H,1H3. The molecule has 0 N–H and O–H groups in total. The Bertz CT molecular complexity index is 652. The maximum atomic E-state index is 13.1. The molecule has 0 aromatic heterocycles. The number of benzene rings is 2. The lowest BCUT2D eigenvalue weighted by Gasteiger charge is -2.07. The lowest BCUT2D eigenvalue weighted by atomic mass is 10.2. The maximum absolute atomic E-state index is 13.1. The Morgan fingerprint density at radius 3 is 2.53 bits per heavy atom. The molecule has 0 saturated carbocycles. The number of hydrogen-bond donors (Lipinski definition) is 0. The van der Waals surface area contributed by atoms with Gasteiger partial charge in [0.15, 0.2) is 11.6 Å². The zero-order valence-electron chi connectivity index (χ0n) is 9.98. The van der Waals surface area contributed by atoms with E-state index >= 15 is 0 Å². The molecule has 0 radical (unpaired) electrons. The first kappa shape index (κ1) is 13.4. The molecule has 19 heavy (non-hydrogen) atoms. The van der Waals surface area contributed by atoms with E-state index in [9.17, 15) is 8.78 Å². The Morgan fingerprint density at radius 1 is 1.11 bits per heavy atom. The third-order valence-electron chi connectivity index (χ3n) is 2.43. The Hall–Kier alpha value is -2.06. The highest BCUT2D eigenvalue weighted by atomic mass is 32.2. The Morgan fingerprint density at radius 2 is 1.89 bits per heavy atom. The Kier molecular flexibility index (Phi) is 4.03. The summed E-state index contributed by atoms with van der Waals surface area (Å²) in [5, 5.41) is 9.02. The summed E-state index contributed by atoms with van der Waals surface area (Å²) in [5.74, 6) is -1.20. The molecule has 0 saturated heterocycles. The van der Waals surface area contributed by atoms with E-state index in [-0.39, 0.29) is 0 Å². The van der Waals surface area contributed by atoms with Crippen LogP contribution in [0.4, 0.5) is 8.78 Å². The lowest BCUT2D eigenvalue weighted by Crippen LogP contribution is -1.88. The van der Waals surface area contributed by atoms with Crippen LogP contribution in [0.15, 0.2) is 46.2 Å². The van der Waals surface area contributed by atoms with Gasteiger partial charge in [0, 0.05) is 9.79 Å². The highest BCUT2D eigenvalue weighted by Crippen LogP contribution is 2.33. The van der Waals surface area contributed by atoms with Gasteiger partial charge in [0.1, 0.15) is 11.8 Å². The fourth-order valence-electron chi connectivity index (χ4n) is 1.47. The molecule has 2 aromatic carbocycles. The molecule has 0 heterocycles. The van der Waals surface area contributed by atoms with E-state index in [1.807, 2.05) is 6.07 Å². The van der Waals surface area contributed by atoms with Gasteiger partial charge in [0.25, 0.3) is 0 Å². The van der Waals surface area contributed by atoms with Crippen molar-refractivity contribution in [3.63, 3.8) is 0 Å². The number of nitriles is 1. The number of ether oxygens (including phenoxy) is 1. The Balaban J connectivity index is 2.36. The molecule has 5 heteroatoms. The average Bonchev–Trinajstić information content (AvgIpc) is 2.43. The summed E-state index contributed by atoms with van der Waals surface area (Å²) in [4.78, 5) is 1.15. The predicted molar refractivity (Wildman–Crippen MR) is 68.2 cm³/mol. The summed E-state index contributed by atoms with van der Waals surface area (Å²) in [6.45, 7) is 0. The zero-order chi connectivity index (χ0) is 13.8. The SMILES string of the molecule is COc1ccc(C#N)c(Sc2ccc(F)c(F)c2)c1. The lowest BCUT2D eigenvalue weighted by molar-refractivity contribution is 0.413. The van der Waals surface area contributed by atoms with Crippen LogP contribution in [-0.2, 0) is 0 Å². The summed E-state index contributed by atoms with van der Waals surface area (Å²) >= 11 is 1.18. The van der Waals surface area contributed by atoms with Crippen LogP contribution in [0.3, 0.4) is 0 Å². The zero-order valence-corrected chi connectivity index (χ0v) is 10.8. The fraction of sp³-hybridized carbons (Fsp3) is 0.0714. The molecule has 0 amide bonds. The van der Waals surface area contributed by atoms with Crippen LogP contribution in [-0.4, -0.2) is 7.11 Å². The van der Waals surface area contributed by atoms with Crippen molar-refractivity contribution in [2.45, 2.75) is 9.79 Å². The van der Waals surface area contributed by atoms with Crippen molar-refractivity contribution in [1.29, 1.82) is 5.26 Å². The first-order valence-electron chi connectivity index (χ1n) is 5.35. The number of nitrogens with zero attached hydrogens (tertiary/aromatic N) is 1. The van der Waals surface area contributed by atoms with Crippen molar-refractivity contribution in [2.24, 2.45) is 0 Å². The molecular formula is C14H9F2NOS. The average molecular weight is 277 g/mol. The minimum atomic E-state index is -0.911. The number of hydrogen-bond acceptors (Lipinski definition) is 3. The first-order valence-corrected chi connectivity index (χ1v) is 6.16. The normalized spacial score (nSPS) is 10.0. The van der Waals surface area contributed by atoms with Gasteiger partial charge in [0.05, 0.1) is 12.7 Å². The highest BCUT2D eigenvalue weighted by molar-refractivity contribution is 7.99. The Labute approximate surface area is 113 Å². The molecule has 2 aromatic rings. The maximum Gasteiger partial charge on any atom is 0.159 e. The van der Waals surface area contributed by atoms with E-state index in [1.54, 1.807) is 18.2 Å². The van der Waals surface area contributed by atoms with Gasteiger partial charge in [-0.25, -0.2) is 8.78 Å². The van der Waals surface area contributed by atoms with Gasteiger partial charge in [-0.2, -0.15) is 5.26 Å². The van der Waals surface area contributed by atoms with Gasteiger partial charge in [-0.15, -0.1) is 0 Å². The van der Waals surface area contributed by atoms with Crippen LogP contribution in [0.5, 0.6) is 5.75 Å². The molecule has 0 atom stereocenters. The number of rotatable bonds is 3. The summed E-state index contributed by atoms with van der Waals surface area (Å²) in [7, 11) is 1.52. The van der Waals surface area contributed by atoms with Crippen molar-refractivity contribution in [3.8, 4) is 11.8 Å². The van der Waals surface area contributed by atoms with Crippen molar-refractivity contribution < 1.29 is 13.5 Å². The van der Waals surface area contributed by atoms with Crippen LogP contribution in [0.2, 0.25) is 0 Å². The molecule has 0 unspecified atom stereocenters. The van der Waals surface area contributed by atoms with E-state index in [0.717, 1.165) is 12.1 Å². The van der Waals surface area contributed by atoms with Crippen LogP contribution in [0, 0.1) is 23.0 Å². The smallest absolute Gasteiger partial charge is 0.159 e. The largest absolute Gasteiger partial charge is 0.497 e. The van der Waals surface area contributed by atoms with Gasteiger partial charge in [-0.1, -0.05) is 11.8 Å². The van der Waals surface area contributed by atoms with E-state index < -0.39 is 11.6 Å². The van der Waals surface area contributed by atoms with Crippen molar-refractivity contribution in [2.75, 3.05) is 7.11 Å². The summed E-state index contributed by atoms with van der Waals surface area (Å²) in [6, 6.07) is 10.7. The van der Waals surface area contributed by atoms with Gasteiger partial charge in [-0.05, 0) is 36.4 Å². The highest BCUT2D eigenvalue weighted by Gasteiger charge is 2.08. The third kappa shape index (κ3) is 3.04. The van der Waals surface area contributed by atoms with E-state index in [2.05, 4.69) is 0 Å². The van der Waals surface area contributed by atoms with Crippen molar-refractivity contribution in [3.05, 3.63) is 53.6 Å². The number of halogens is 2. The van der Waals surface area contributed by atoms with Gasteiger partial charge in [-0.3, -0.25) is 0 Å². The van der Waals surface area contributed by atoms with Crippen LogP contribution in [0.25, 0.3) is 0 Å². The molecule has 0 aliphatic carbocycles. The van der Waals surface area contributed by atoms with E-state index in [0.29, 0.717) is 21.1 Å². The third-order valence-corrected chi connectivity index (χ3v) is 3.48. The van der Waals surface area contributed by atoms with Gasteiger partial charge in [0.2, 0.25) is 0 Å². The molecule has 0 fully saturated rings. The minimum absolute atomic E-state index is 0.454. The molecular weight excluding hydrogens is 268 g/mol. The van der Waals surface area contributed by atoms with Gasteiger partial charge < -0.3 is 4.74 Å². The summed E-state index contributed by atoms with van der Waals surface area (Å²) in [5.41, 5.74) is 0.454. The van der Waals surface area contributed by atoms with Crippen LogP contribution >= 0.6 is 11.8 Å². The minimum Gasteiger partial charge on any atom is -0.497 e. The molecule has 2 rings (SSSR count). The van der Waals surface area contributed by atoms with Crippen LogP contribution < -0.4 is 4.74 Å². The van der Waals surface area contributed by atoms with E-state index in [1.165, 1.54) is 24.9 Å². The molecule has 0 aliphatic heterocycles. The monoisotopic (exact) mass is 277 g/mol. The predicted octanol–water partition coefficient (Wildman–Crippen LogP) is 4.00. The first-order chi connectivity index (χ1) is 9.13. The quantitative estimate of drug-likeness (QED) is 0.850. The molecule has 0 spiro atoms.